The first-order chi connectivity index (χ1) is 6.24. The maximum atomic E-state index is 10.7. The van der Waals surface area contributed by atoms with Gasteiger partial charge >= 0.3 is 0 Å². The van der Waals surface area contributed by atoms with Crippen LogP contribution in [0.3, 0.4) is 0 Å². The average Bonchev–Trinajstić information content (AvgIpc) is 2.16. The Balaban J connectivity index is 2.54. The van der Waals surface area contributed by atoms with Crippen molar-refractivity contribution in [3.63, 3.8) is 0 Å². The number of nitrogens with one attached hydrogen (secondary N) is 1. The molecule has 0 aliphatic carbocycles. The SMILES string of the molecule is Cc1ccccc1CNC(=O)C[O]. The summed E-state index contributed by atoms with van der Waals surface area (Å²) in [6, 6.07) is 7.75. The van der Waals surface area contributed by atoms with E-state index in [-0.39, 0.29) is 0 Å². The fraction of sp³-hybridized carbons (Fsp3) is 0.300. The Morgan fingerprint density at radius 2 is 2.08 bits per heavy atom. The maximum absolute atomic E-state index is 10.7. The lowest BCUT2D eigenvalue weighted by molar-refractivity contribution is -0.125. The quantitative estimate of drug-likeness (QED) is 0.738. The lowest BCUT2D eigenvalue weighted by Gasteiger charge is -2.05. The van der Waals surface area contributed by atoms with Gasteiger partial charge in [-0.1, -0.05) is 24.3 Å². The van der Waals surface area contributed by atoms with Crippen LogP contribution in [0, 0.1) is 6.92 Å². The molecule has 0 saturated carbocycles. The molecule has 0 bridgehead atoms. The minimum absolute atomic E-state index is 0.438. The minimum atomic E-state index is -0.702. The first-order valence-electron chi connectivity index (χ1n) is 4.13. The van der Waals surface area contributed by atoms with Crippen molar-refractivity contribution in [1.29, 1.82) is 0 Å². The second kappa shape index (κ2) is 4.62. The highest BCUT2D eigenvalue weighted by atomic mass is 16.3. The molecule has 0 heterocycles. The molecule has 1 aromatic rings. The standard InChI is InChI=1S/C10H12NO2/c1-8-4-2-3-5-9(8)6-11-10(13)7-12/h2-5H,6-7H2,1H3,(H,11,13). The minimum Gasteiger partial charge on any atom is -0.350 e. The molecule has 1 rings (SSSR count). The molecule has 0 atom stereocenters. The van der Waals surface area contributed by atoms with E-state index in [1.807, 2.05) is 31.2 Å². The lowest BCUT2D eigenvalue weighted by atomic mass is 10.1. The molecule has 3 heteroatoms. The molecule has 1 amide bonds. The van der Waals surface area contributed by atoms with Crippen molar-refractivity contribution in [2.45, 2.75) is 13.5 Å². The lowest BCUT2D eigenvalue weighted by Crippen LogP contribution is -2.25. The van der Waals surface area contributed by atoms with E-state index in [4.69, 9.17) is 0 Å². The van der Waals surface area contributed by atoms with Gasteiger partial charge in [0.15, 0.2) is 6.61 Å². The van der Waals surface area contributed by atoms with Crippen molar-refractivity contribution in [3.05, 3.63) is 35.4 Å². The summed E-state index contributed by atoms with van der Waals surface area (Å²) in [7, 11) is 0. The number of aryl methyl sites for hydroxylation is 1. The van der Waals surface area contributed by atoms with Crippen LogP contribution in [-0.4, -0.2) is 12.5 Å². The van der Waals surface area contributed by atoms with E-state index >= 15 is 0 Å². The molecular formula is C10H12NO2. The van der Waals surface area contributed by atoms with Crippen LogP contribution in [0.1, 0.15) is 11.1 Å². The summed E-state index contributed by atoms with van der Waals surface area (Å²) in [6.45, 7) is 1.71. The van der Waals surface area contributed by atoms with E-state index in [1.54, 1.807) is 0 Å². The molecule has 1 aromatic carbocycles. The van der Waals surface area contributed by atoms with E-state index < -0.39 is 12.5 Å². The average molecular weight is 178 g/mol. The van der Waals surface area contributed by atoms with E-state index in [1.165, 1.54) is 0 Å². The number of rotatable bonds is 3. The Morgan fingerprint density at radius 3 is 2.69 bits per heavy atom. The first kappa shape index (κ1) is 9.74. The van der Waals surface area contributed by atoms with Gasteiger partial charge in [-0.25, -0.2) is 5.11 Å². The maximum Gasteiger partial charge on any atom is 0.249 e. The molecule has 0 aromatic heterocycles. The highest BCUT2D eigenvalue weighted by Crippen LogP contribution is 2.05. The van der Waals surface area contributed by atoms with Gasteiger partial charge in [-0.2, -0.15) is 0 Å². The number of hydrogen-bond acceptors (Lipinski definition) is 1. The predicted molar refractivity (Wildman–Crippen MR) is 48.6 cm³/mol. The van der Waals surface area contributed by atoms with Gasteiger partial charge in [0.05, 0.1) is 0 Å². The molecule has 1 radical (unpaired) electrons. The summed E-state index contributed by atoms with van der Waals surface area (Å²) < 4.78 is 0. The van der Waals surface area contributed by atoms with Gasteiger partial charge < -0.3 is 5.32 Å². The molecule has 3 nitrogen and oxygen atoms in total. The number of carbonyl (C=O) groups is 1. The summed E-state index contributed by atoms with van der Waals surface area (Å²) in [5.41, 5.74) is 2.16. The van der Waals surface area contributed by atoms with Crippen LogP contribution >= 0.6 is 0 Å². The van der Waals surface area contributed by atoms with Gasteiger partial charge in [-0.15, -0.1) is 0 Å². The monoisotopic (exact) mass is 178 g/mol. The van der Waals surface area contributed by atoms with Crippen molar-refractivity contribution in [3.8, 4) is 0 Å². The van der Waals surface area contributed by atoms with Crippen LogP contribution in [0.4, 0.5) is 0 Å². The Hall–Kier alpha value is -1.35. The fourth-order valence-electron chi connectivity index (χ4n) is 1.05. The number of amides is 1. The number of carbonyl (C=O) groups excluding carboxylic acids is 1. The second-order valence-electron chi connectivity index (χ2n) is 2.85. The largest absolute Gasteiger partial charge is 0.350 e. The summed E-state index contributed by atoms with van der Waals surface area (Å²) >= 11 is 0. The molecule has 0 spiro atoms. The van der Waals surface area contributed by atoms with Gasteiger partial charge in [0.25, 0.3) is 0 Å². The van der Waals surface area contributed by atoms with Gasteiger partial charge in [-0.05, 0) is 18.1 Å². The molecule has 0 unspecified atom stereocenters. The smallest absolute Gasteiger partial charge is 0.249 e. The molecular weight excluding hydrogens is 166 g/mol. The van der Waals surface area contributed by atoms with E-state index in [9.17, 15) is 9.90 Å². The fourth-order valence-corrected chi connectivity index (χ4v) is 1.05. The van der Waals surface area contributed by atoms with Crippen molar-refractivity contribution in [2.75, 3.05) is 6.61 Å². The Morgan fingerprint density at radius 1 is 1.38 bits per heavy atom. The van der Waals surface area contributed by atoms with Crippen LogP contribution in [0.5, 0.6) is 0 Å². The predicted octanol–water partition coefficient (Wildman–Crippen LogP) is 1.04. The molecule has 0 fully saturated rings. The van der Waals surface area contributed by atoms with E-state index in [0.29, 0.717) is 6.54 Å². The second-order valence-corrected chi connectivity index (χ2v) is 2.85. The summed E-state index contributed by atoms with van der Waals surface area (Å²) in [4.78, 5) is 10.7. The first-order valence-corrected chi connectivity index (χ1v) is 4.13. The Kier molecular flexibility index (Phi) is 3.46. The van der Waals surface area contributed by atoms with Crippen molar-refractivity contribution in [2.24, 2.45) is 0 Å². The van der Waals surface area contributed by atoms with Crippen molar-refractivity contribution >= 4 is 5.91 Å². The topological polar surface area (TPSA) is 49.0 Å². The summed E-state index contributed by atoms with van der Waals surface area (Å²) in [5.74, 6) is -0.455. The Bertz CT molecular complexity index is 297. The molecule has 0 aliphatic rings. The number of benzene rings is 1. The highest BCUT2D eigenvalue weighted by molar-refractivity contribution is 5.76. The molecule has 0 saturated heterocycles. The molecule has 0 aliphatic heterocycles. The van der Waals surface area contributed by atoms with Crippen LogP contribution in [0.2, 0.25) is 0 Å². The van der Waals surface area contributed by atoms with Crippen molar-refractivity contribution < 1.29 is 9.90 Å². The Labute approximate surface area is 77.4 Å². The van der Waals surface area contributed by atoms with Crippen molar-refractivity contribution in [1.82, 2.24) is 5.32 Å². The zero-order chi connectivity index (χ0) is 9.68. The third kappa shape index (κ3) is 2.87. The van der Waals surface area contributed by atoms with Crippen LogP contribution in [0.15, 0.2) is 24.3 Å². The van der Waals surface area contributed by atoms with Crippen LogP contribution < -0.4 is 5.32 Å². The molecule has 13 heavy (non-hydrogen) atoms. The normalized spacial score (nSPS) is 9.69. The van der Waals surface area contributed by atoms with Gasteiger partial charge in [0, 0.05) is 6.54 Å². The summed E-state index contributed by atoms with van der Waals surface area (Å²) in [6.07, 6.45) is 0. The van der Waals surface area contributed by atoms with Gasteiger partial charge in [0.1, 0.15) is 0 Å². The third-order valence-electron chi connectivity index (χ3n) is 1.87. The zero-order valence-corrected chi connectivity index (χ0v) is 7.54. The molecule has 1 N–H and O–H groups in total. The van der Waals surface area contributed by atoms with E-state index in [2.05, 4.69) is 5.32 Å². The van der Waals surface area contributed by atoms with Crippen LogP contribution in [0.25, 0.3) is 0 Å². The molecule has 69 valence electrons. The summed E-state index contributed by atoms with van der Waals surface area (Å²) in [5, 5.41) is 12.7. The van der Waals surface area contributed by atoms with Gasteiger partial charge in [-0.3, -0.25) is 4.79 Å². The van der Waals surface area contributed by atoms with Gasteiger partial charge in [0.2, 0.25) is 5.91 Å². The zero-order valence-electron chi connectivity index (χ0n) is 7.54. The number of hydrogen-bond donors (Lipinski definition) is 1. The third-order valence-corrected chi connectivity index (χ3v) is 1.87. The highest BCUT2D eigenvalue weighted by Gasteiger charge is 2.00. The van der Waals surface area contributed by atoms with Crippen LogP contribution in [-0.2, 0) is 16.4 Å². The van der Waals surface area contributed by atoms with E-state index in [0.717, 1.165) is 11.1 Å².